The van der Waals surface area contributed by atoms with Crippen molar-refractivity contribution in [2.45, 2.75) is 6.92 Å². The summed E-state index contributed by atoms with van der Waals surface area (Å²) >= 11 is 5.75. The van der Waals surface area contributed by atoms with Crippen molar-refractivity contribution in [1.29, 1.82) is 0 Å². The quantitative estimate of drug-likeness (QED) is 0.649. The Morgan fingerprint density at radius 3 is 2.75 bits per heavy atom. The molecule has 0 unspecified atom stereocenters. The maximum absolute atomic E-state index is 10.8. The molecule has 5 heteroatoms. The normalized spacial score (nSPS) is 9.94. The first kappa shape index (κ1) is 12.5. The fraction of sp³-hybridized carbons (Fsp3) is 0.273. The van der Waals surface area contributed by atoms with Gasteiger partial charge in [-0.3, -0.25) is 0 Å². The molecule has 0 aliphatic heterocycles. The number of hydrogen-bond acceptors (Lipinski definition) is 3. The van der Waals surface area contributed by atoms with Crippen molar-refractivity contribution in [2.24, 2.45) is 0 Å². The van der Waals surface area contributed by atoms with Crippen molar-refractivity contribution in [3.8, 4) is 0 Å². The standard InChI is InChI=1S/C11H13ClN2O2/c1-7(2)6-14(3)10-5-8(11(15)16)4-9(12)13-10/h4-5H,1,6H2,2-3H3,(H,15,16). The molecule has 0 radical (unpaired) electrons. The molecule has 0 spiro atoms. The Morgan fingerprint density at radius 2 is 2.25 bits per heavy atom. The number of pyridine rings is 1. The molecule has 1 aromatic heterocycles. The van der Waals surface area contributed by atoms with Gasteiger partial charge < -0.3 is 10.0 Å². The lowest BCUT2D eigenvalue weighted by molar-refractivity contribution is 0.0697. The van der Waals surface area contributed by atoms with Crippen LogP contribution in [-0.4, -0.2) is 29.7 Å². The number of anilines is 1. The van der Waals surface area contributed by atoms with Gasteiger partial charge in [0.1, 0.15) is 11.0 Å². The van der Waals surface area contributed by atoms with Crippen LogP contribution in [0.25, 0.3) is 0 Å². The monoisotopic (exact) mass is 240 g/mol. The number of likely N-dealkylation sites (N-methyl/N-ethyl adjacent to an activating group) is 1. The van der Waals surface area contributed by atoms with E-state index in [2.05, 4.69) is 11.6 Å². The van der Waals surface area contributed by atoms with Gasteiger partial charge in [-0.1, -0.05) is 23.8 Å². The molecule has 0 atom stereocenters. The predicted octanol–water partition coefficient (Wildman–Crippen LogP) is 2.45. The molecule has 1 aromatic rings. The van der Waals surface area contributed by atoms with Gasteiger partial charge in [0, 0.05) is 13.6 Å². The number of aromatic carboxylic acids is 1. The molecule has 0 amide bonds. The Labute approximate surface area is 99.2 Å². The van der Waals surface area contributed by atoms with Crippen LogP contribution in [0.1, 0.15) is 17.3 Å². The minimum absolute atomic E-state index is 0.128. The first-order valence-electron chi connectivity index (χ1n) is 4.66. The second kappa shape index (κ2) is 4.99. The minimum Gasteiger partial charge on any atom is -0.478 e. The van der Waals surface area contributed by atoms with Gasteiger partial charge in [-0.2, -0.15) is 0 Å². The van der Waals surface area contributed by atoms with Crippen LogP contribution in [0, 0.1) is 0 Å². The lowest BCUT2D eigenvalue weighted by Gasteiger charge is -2.18. The number of carboxylic acids is 1. The summed E-state index contributed by atoms with van der Waals surface area (Å²) < 4.78 is 0. The second-order valence-electron chi connectivity index (χ2n) is 3.66. The van der Waals surface area contributed by atoms with Crippen LogP contribution < -0.4 is 4.90 Å². The van der Waals surface area contributed by atoms with E-state index in [1.807, 2.05) is 6.92 Å². The van der Waals surface area contributed by atoms with E-state index in [0.717, 1.165) is 5.57 Å². The zero-order chi connectivity index (χ0) is 12.3. The first-order valence-corrected chi connectivity index (χ1v) is 5.04. The van der Waals surface area contributed by atoms with Gasteiger partial charge in [0.05, 0.1) is 5.56 Å². The molecular formula is C11H13ClN2O2. The zero-order valence-corrected chi connectivity index (χ0v) is 9.95. The summed E-state index contributed by atoms with van der Waals surface area (Å²) in [5.74, 6) is -0.498. The molecule has 0 aromatic carbocycles. The van der Waals surface area contributed by atoms with Crippen molar-refractivity contribution >= 4 is 23.4 Å². The van der Waals surface area contributed by atoms with Crippen LogP contribution in [-0.2, 0) is 0 Å². The summed E-state index contributed by atoms with van der Waals surface area (Å²) in [4.78, 5) is 16.7. The van der Waals surface area contributed by atoms with Gasteiger partial charge in [0.2, 0.25) is 0 Å². The zero-order valence-electron chi connectivity index (χ0n) is 9.20. The topological polar surface area (TPSA) is 53.4 Å². The summed E-state index contributed by atoms with van der Waals surface area (Å²) in [6, 6.07) is 2.80. The number of carboxylic acid groups (broad SMARTS) is 1. The van der Waals surface area contributed by atoms with Crippen molar-refractivity contribution < 1.29 is 9.90 Å². The minimum atomic E-state index is -1.02. The molecule has 0 saturated heterocycles. The highest BCUT2D eigenvalue weighted by atomic mass is 35.5. The van der Waals surface area contributed by atoms with Gasteiger partial charge in [-0.05, 0) is 19.1 Å². The third-order valence-corrected chi connectivity index (χ3v) is 2.12. The lowest BCUT2D eigenvalue weighted by atomic mass is 10.2. The Bertz CT molecular complexity index is 432. The molecule has 0 aliphatic carbocycles. The van der Waals surface area contributed by atoms with Crippen molar-refractivity contribution in [2.75, 3.05) is 18.5 Å². The van der Waals surface area contributed by atoms with E-state index in [1.54, 1.807) is 11.9 Å². The van der Waals surface area contributed by atoms with E-state index in [4.69, 9.17) is 16.7 Å². The average Bonchev–Trinajstić information content (AvgIpc) is 2.15. The van der Waals surface area contributed by atoms with E-state index in [-0.39, 0.29) is 10.7 Å². The van der Waals surface area contributed by atoms with Crippen LogP contribution >= 0.6 is 11.6 Å². The van der Waals surface area contributed by atoms with Gasteiger partial charge in [0.25, 0.3) is 0 Å². The number of halogens is 1. The van der Waals surface area contributed by atoms with E-state index in [0.29, 0.717) is 12.4 Å². The van der Waals surface area contributed by atoms with E-state index in [1.165, 1.54) is 12.1 Å². The van der Waals surface area contributed by atoms with Crippen molar-refractivity contribution in [3.63, 3.8) is 0 Å². The molecule has 1 N–H and O–H groups in total. The molecule has 0 fully saturated rings. The van der Waals surface area contributed by atoms with Crippen LogP contribution in [0.4, 0.5) is 5.82 Å². The van der Waals surface area contributed by atoms with Gasteiger partial charge in [0.15, 0.2) is 0 Å². The van der Waals surface area contributed by atoms with Crippen LogP contribution in [0.15, 0.2) is 24.3 Å². The largest absolute Gasteiger partial charge is 0.478 e. The van der Waals surface area contributed by atoms with Crippen LogP contribution in [0.3, 0.4) is 0 Å². The van der Waals surface area contributed by atoms with E-state index in [9.17, 15) is 4.79 Å². The van der Waals surface area contributed by atoms with Gasteiger partial charge in [-0.25, -0.2) is 9.78 Å². The SMILES string of the molecule is C=C(C)CN(C)c1cc(C(=O)O)cc(Cl)n1. The third kappa shape index (κ3) is 3.24. The highest BCUT2D eigenvalue weighted by Gasteiger charge is 2.10. The fourth-order valence-electron chi connectivity index (χ4n) is 1.29. The molecule has 86 valence electrons. The number of carbonyl (C=O) groups is 1. The molecule has 4 nitrogen and oxygen atoms in total. The second-order valence-corrected chi connectivity index (χ2v) is 4.04. The summed E-state index contributed by atoms with van der Waals surface area (Å²) in [7, 11) is 1.80. The number of rotatable bonds is 4. The molecule has 0 aliphatic rings. The number of nitrogens with zero attached hydrogens (tertiary/aromatic N) is 2. The summed E-state index contributed by atoms with van der Waals surface area (Å²) in [5.41, 5.74) is 1.09. The van der Waals surface area contributed by atoms with Gasteiger partial charge in [-0.15, -0.1) is 0 Å². The molecule has 1 rings (SSSR count). The molecule has 0 saturated carbocycles. The maximum atomic E-state index is 10.8. The average molecular weight is 241 g/mol. The predicted molar refractivity (Wildman–Crippen MR) is 64.3 cm³/mol. The highest BCUT2D eigenvalue weighted by Crippen LogP contribution is 2.17. The maximum Gasteiger partial charge on any atom is 0.335 e. The number of aromatic nitrogens is 1. The van der Waals surface area contributed by atoms with Gasteiger partial charge >= 0.3 is 5.97 Å². The smallest absolute Gasteiger partial charge is 0.335 e. The molecule has 0 bridgehead atoms. The first-order chi connectivity index (χ1) is 7.40. The fourth-order valence-corrected chi connectivity index (χ4v) is 1.49. The van der Waals surface area contributed by atoms with Crippen LogP contribution in [0.5, 0.6) is 0 Å². The van der Waals surface area contributed by atoms with E-state index >= 15 is 0 Å². The van der Waals surface area contributed by atoms with Crippen molar-refractivity contribution in [1.82, 2.24) is 4.98 Å². The van der Waals surface area contributed by atoms with Crippen molar-refractivity contribution in [3.05, 3.63) is 35.0 Å². The Morgan fingerprint density at radius 1 is 1.62 bits per heavy atom. The molecule has 1 heterocycles. The summed E-state index contributed by atoms with van der Waals surface area (Å²) in [5, 5.41) is 9.04. The Balaban J connectivity index is 3.04. The summed E-state index contributed by atoms with van der Waals surface area (Å²) in [6.07, 6.45) is 0. The summed E-state index contributed by atoms with van der Waals surface area (Å²) in [6.45, 7) is 6.27. The molecular weight excluding hydrogens is 228 g/mol. The Hall–Kier alpha value is -1.55. The highest BCUT2D eigenvalue weighted by molar-refractivity contribution is 6.29. The lowest BCUT2D eigenvalue weighted by Crippen LogP contribution is -2.20. The Kier molecular flexibility index (Phi) is 3.90. The van der Waals surface area contributed by atoms with Crippen LogP contribution in [0.2, 0.25) is 5.15 Å². The van der Waals surface area contributed by atoms with E-state index < -0.39 is 5.97 Å². The third-order valence-electron chi connectivity index (χ3n) is 1.93. The number of hydrogen-bond donors (Lipinski definition) is 1. The molecule has 16 heavy (non-hydrogen) atoms.